The van der Waals surface area contributed by atoms with E-state index in [1.165, 1.54) is 18.4 Å². The zero-order chi connectivity index (χ0) is 14.9. The first-order chi connectivity index (χ1) is 10.2. The summed E-state index contributed by atoms with van der Waals surface area (Å²) >= 11 is 0. The van der Waals surface area contributed by atoms with Gasteiger partial charge in [-0.1, -0.05) is 44.9 Å². The van der Waals surface area contributed by atoms with Crippen molar-refractivity contribution in [3.05, 3.63) is 29.8 Å². The van der Waals surface area contributed by atoms with Gasteiger partial charge in [-0.3, -0.25) is 4.79 Å². The van der Waals surface area contributed by atoms with Crippen molar-refractivity contribution in [2.24, 2.45) is 5.41 Å². The number of amides is 1. The normalized spacial score (nSPS) is 23.5. The van der Waals surface area contributed by atoms with Crippen LogP contribution in [0, 0.1) is 5.41 Å². The Kier molecular flexibility index (Phi) is 3.92. The maximum Gasteiger partial charge on any atom is 0.245 e. The molecule has 1 unspecified atom stereocenters. The Morgan fingerprint density at radius 2 is 1.90 bits per heavy atom. The number of fused-ring (bicyclic) bond motifs is 1. The lowest BCUT2D eigenvalue weighted by molar-refractivity contribution is -0.134. The minimum atomic E-state index is -0.0573. The van der Waals surface area contributed by atoms with Gasteiger partial charge in [0.2, 0.25) is 5.91 Å². The molecule has 2 heterocycles. The Morgan fingerprint density at radius 1 is 1.24 bits per heavy atom. The summed E-state index contributed by atoms with van der Waals surface area (Å²) in [5, 5.41) is 3.39. The van der Waals surface area contributed by atoms with Gasteiger partial charge in [-0.15, -0.1) is 0 Å². The van der Waals surface area contributed by atoms with Crippen LogP contribution in [0.2, 0.25) is 0 Å². The Bertz CT molecular complexity index is 487. The van der Waals surface area contributed by atoms with Crippen LogP contribution in [0.3, 0.4) is 0 Å². The molecule has 0 saturated carbocycles. The van der Waals surface area contributed by atoms with Gasteiger partial charge in [0, 0.05) is 25.2 Å². The van der Waals surface area contributed by atoms with E-state index in [4.69, 9.17) is 0 Å². The highest BCUT2D eigenvalue weighted by molar-refractivity contribution is 5.87. The number of nitrogens with one attached hydrogen (secondary N) is 1. The second-order valence-electron chi connectivity index (χ2n) is 6.59. The van der Waals surface area contributed by atoms with Gasteiger partial charge in [-0.05, 0) is 29.9 Å². The number of para-hydroxylation sites is 1. The molecule has 1 N–H and O–H groups in total. The van der Waals surface area contributed by atoms with Crippen molar-refractivity contribution in [2.75, 3.05) is 18.4 Å². The first-order valence-corrected chi connectivity index (χ1v) is 8.31. The molecule has 0 aromatic heterocycles. The SMILES string of the molecule is CCC1(CC)CCN(C(=O)C2Cc3ccccc3N2)CC1. The third-order valence-corrected chi connectivity index (χ3v) is 5.71. The average Bonchev–Trinajstić information content (AvgIpc) is 2.98. The van der Waals surface area contributed by atoms with Crippen LogP contribution in [0.4, 0.5) is 5.69 Å². The molecule has 0 spiro atoms. The smallest absolute Gasteiger partial charge is 0.245 e. The van der Waals surface area contributed by atoms with E-state index in [0.29, 0.717) is 5.41 Å². The number of hydrogen-bond donors (Lipinski definition) is 1. The summed E-state index contributed by atoms with van der Waals surface area (Å²) in [6.07, 6.45) is 5.62. The van der Waals surface area contributed by atoms with Crippen molar-refractivity contribution in [1.29, 1.82) is 0 Å². The maximum absolute atomic E-state index is 12.7. The van der Waals surface area contributed by atoms with Crippen LogP contribution in [0.25, 0.3) is 0 Å². The second kappa shape index (κ2) is 5.70. The molecule has 0 radical (unpaired) electrons. The number of nitrogens with zero attached hydrogens (tertiary/aromatic N) is 1. The Morgan fingerprint density at radius 3 is 2.52 bits per heavy atom. The molecule has 3 nitrogen and oxygen atoms in total. The Hall–Kier alpha value is -1.51. The van der Waals surface area contributed by atoms with E-state index in [-0.39, 0.29) is 11.9 Å². The van der Waals surface area contributed by atoms with Crippen molar-refractivity contribution >= 4 is 11.6 Å². The standard InChI is InChI=1S/C18H26N2O/c1-3-18(4-2)9-11-20(12-10-18)17(21)16-13-14-7-5-6-8-15(14)19-16/h5-8,16,19H,3-4,9-13H2,1-2H3. The number of carbonyl (C=O) groups is 1. The van der Waals surface area contributed by atoms with E-state index in [0.717, 1.165) is 38.0 Å². The summed E-state index contributed by atoms with van der Waals surface area (Å²) in [7, 11) is 0. The molecule has 1 aromatic carbocycles. The number of rotatable bonds is 3. The summed E-state index contributed by atoms with van der Waals surface area (Å²) < 4.78 is 0. The van der Waals surface area contributed by atoms with Crippen LogP contribution in [-0.2, 0) is 11.2 Å². The monoisotopic (exact) mass is 286 g/mol. The molecule has 1 saturated heterocycles. The van der Waals surface area contributed by atoms with Crippen molar-refractivity contribution in [3.8, 4) is 0 Å². The van der Waals surface area contributed by atoms with E-state index in [1.54, 1.807) is 0 Å². The summed E-state index contributed by atoms with van der Waals surface area (Å²) in [6.45, 7) is 6.43. The van der Waals surface area contributed by atoms with E-state index in [1.807, 2.05) is 12.1 Å². The fourth-order valence-electron chi connectivity index (χ4n) is 3.83. The zero-order valence-electron chi connectivity index (χ0n) is 13.2. The molecule has 114 valence electrons. The molecule has 1 atom stereocenters. The maximum atomic E-state index is 12.7. The fourth-order valence-corrected chi connectivity index (χ4v) is 3.83. The predicted octanol–water partition coefficient (Wildman–Crippen LogP) is 3.45. The number of hydrogen-bond acceptors (Lipinski definition) is 2. The average molecular weight is 286 g/mol. The van der Waals surface area contributed by atoms with Crippen molar-refractivity contribution < 1.29 is 4.79 Å². The van der Waals surface area contributed by atoms with Gasteiger partial charge in [0.05, 0.1) is 0 Å². The number of carbonyl (C=O) groups excluding carboxylic acids is 1. The molecule has 2 aliphatic heterocycles. The minimum absolute atomic E-state index is 0.0573. The third kappa shape index (κ3) is 2.66. The van der Waals surface area contributed by atoms with E-state index in [2.05, 4.69) is 36.2 Å². The zero-order valence-corrected chi connectivity index (χ0v) is 13.2. The molecule has 21 heavy (non-hydrogen) atoms. The molecule has 1 fully saturated rings. The number of benzene rings is 1. The Balaban J connectivity index is 1.61. The molecular formula is C18H26N2O. The van der Waals surface area contributed by atoms with Gasteiger partial charge >= 0.3 is 0 Å². The van der Waals surface area contributed by atoms with Gasteiger partial charge < -0.3 is 10.2 Å². The first-order valence-electron chi connectivity index (χ1n) is 8.31. The summed E-state index contributed by atoms with van der Waals surface area (Å²) in [5.74, 6) is 0.284. The highest BCUT2D eigenvalue weighted by atomic mass is 16.2. The van der Waals surface area contributed by atoms with E-state index >= 15 is 0 Å². The highest BCUT2D eigenvalue weighted by Crippen LogP contribution is 2.38. The first kappa shape index (κ1) is 14.4. The minimum Gasteiger partial charge on any atom is -0.373 e. The summed E-state index contributed by atoms with van der Waals surface area (Å²) in [4.78, 5) is 14.8. The van der Waals surface area contributed by atoms with Crippen molar-refractivity contribution in [2.45, 2.75) is 52.0 Å². The molecule has 1 amide bonds. The quantitative estimate of drug-likeness (QED) is 0.923. The molecular weight excluding hydrogens is 260 g/mol. The van der Waals surface area contributed by atoms with Gasteiger partial charge in [0.15, 0.2) is 0 Å². The van der Waals surface area contributed by atoms with Crippen LogP contribution in [0.15, 0.2) is 24.3 Å². The largest absolute Gasteiger partial charge is 0.373 e. The molecule has 3 heteroatoms. The molecule has 0 aliphatic carbocycles. The molecule has 1 aromatic rings. The molecule has 3 rings (SSSR count). The van der Waals surface area contributed by atoms with Gasteiger partial charge in [0.25, 0.3) is 0 Å². The van der Waals surface area contributed by atoms with Gasteiger partial charge in [-0.25, -0.2) is 0 Å². The van der Waals surface area contributed by atoms with Crippen molar-refractivity contribution in [1.82, 2.24) is 4.90 Å². The van der Waals surface area contributed by atoms with Gasteiger partial charge in [-0.2, -0.15) is 0 Å². The van der Waals surface area contributed by atoms with Crippen molar-refractivity contribution in [3.63, 3.8) is 0 Å². The third-order valence-electron chi connectivity index (χ3n) is 5.71. The predicted molar refractivity (Wildman–Crippen MR) is 86.4 cm³/mol. The van der Waals surface area contributed by atoms with E-state index < -0.39 is 0 Å². The number of anilines is 1. The Labute approximate surface area is 127 Å². The van der Waals surface area contributed by atoms with E-state index in [9.17, 15) is 4.79 Å². The lowest BCUT2D eigenvalue weighted by Gasteiger charge is -2.41. The molecule has 2 aliphatic rings. The van der Waals surface area contributed by atoms with Gasteiger partial charge in [0.1, 0.15) is 6.04 Å². The molecule has 0 bridgehead atoms. The second-order valence-corrected chi connectivity index (χ2v) is 6.59. The summed E-state index contributed by atoms with van der Waals surface area (Å²) in [6, 6.07) is 8.20. The summed E-state index contributed by atoms with van der Waals surface area (Å²) in [5.41, 5.74) is 2.87. The van der Waals surface area contributed by atoms with Crippen LogP contribution < -0.4 is 5.32 Å². The van der Waals surface area contributed by atoms with Crippen LogP contribution in [0.5, 0.6) is 0 Å². The van der Waals surface area contributed by atoms with Crippen LogP contribution in [0.1, 0.15) is 45.1 Å². The fraction of sp³-hybridized carbons (Fsp3) is 0.611. The van der Waals surface area contributed by atoms with Crippen LogP contribution in [-0.4, -0.2) is 29.9 Å². The number of piperidine rings is 1. The lowest BCUT2D eigenvalue weighted by atomic mass is 9.74. The highest BCUT2D eigenvalue weighted by Gasteiger charge is 2.36. The van der Waals surface area contributed by atoms with Crippen LogP contribution >= 0.6 is 0 Å². The topological polar surface area (TPSA) is 32.3 Å². The number of likely N-dealkylation sites (tertiary alicyclic amines) is 1. The lowest BCUT2D eigenvalue weighted by Crippen LogP contribution is -2.48.